The van der Waals surface area contributed by atoms with Gasteiger partial charge in [0.1, 0.15) is 0 Å². The molecule has 0 N–H and O–H groups in total. The van der Waals surface area contributed by atoms with E-state index in [1.54, 1.807) is 0 Å². The van der Waals surface area contributed by atoms with E-state index >= 15 is 0 Å². The fourth-order valence-corrected chi connectivity index (χ4v) is 3.57. The van der Waals surface area contributed by atoms with Gasteiger partial charge < -0.3 is 0 Å². The second-order valence-corrected chi connectivity index (χ2v) is 6.21. The van der Waals surface area contributed by atoms with Crippen molar-refractivity contribution in [3.05, 3.63) is 60.2 Å². The van der Waals surface area contributed by atoms with Crippen LogP contribution in [0.25, 0.3) is 32.3 Å². The first-order valence-corrected chi connectivity index (χ1v) is 7.95. The molecule has 0 spiro atoms. The summed E-state index contributed by atoms with van der Waals surface area (Å²) >= 11 is 5.45. The van der Waals surface area contributed by atoms with Crippen molar-refractivity contribution in [3.8, 4) is 0 Å². The first-order chi connectivity index (χ1) is 10.7. The zero-order valence-electron chi connectivity index (χ0n) is 12.1. The zero-order chi connectivity index (χ0) is 15.1. The van der Waals surface area contributed by atoms with Crippen LogP contribution in [0.3, 0.4) is 0 Å². The Hall–Kier alpha value is -2.12. The highest BCUT2D eigenvalue weighted by molar-refractivity contribution is 6.63. The van der Waals surface area contributed by atoms with Crippen LogP contribution in [0.4, 0.5) is 0 Å². The van der Waals surface area contributed by atoms with Crippen molar-refractivity contribution in [2.75, 3.05) is 0 Å². The normalized spacial score (nSPS) is 11.7. The third kappa shape index (κ3) is 2.13. The highest BCUT2D eigenvalue weighted by Gasteiger charge is 2.10. The summed E-state index contributed by atoms with van der Waals surface area (Å²) < 4.78 is 0. The van der Waals surface area contributed by atoms with Crippen LogP contribution >= 0.6 is 11.6 Å². The van der Waals surface area contributed by atoms with E-state index in [1.165, 1.54) is 37.9 Å². The van der Waals surface area contributed by atoms with Crippen LogP contribution in [0.5, 0.6) is 0 Å². The fourth-order valence-electron chi connectivity index (χ4n) is 3.43. The van der Waals surface area contributed by atoms with Gasteiger partial charge in [0, 0.05) is 6.42 Å². The number of benzene rings is 4. The molecule has 0 aliphatic rings. The van der Waals surface area contributed by atoms with Gasteiger partial charge in [0.25, 0.3) is 0 Å². The predicted octanol–water partition coefficient (Wildman–Crippen LogP) is 5.67. The number of carbonyl (C=O) groups is 1. The molecule has 0 unspecified atom stereocenters. The summed E-state index contributed by atoms with van der Waals surface area (Å²) in [6.07, 6.45) is 2.11. The molecule has 0 amide bonds. The molecule has 0 heterocycles. The van der Waals surface area contributed by atoms with Gasteiger partial charge in [-0.1, -0.05) is 54.6 Å². The van der Waals surface area contributed by atoms with E-state index in [0.29, 0.717) is 6.42 Å². The summed E-state index contributed by atoms with van der Waals surface area (Å²) in [5, 5.41) is 7.56. The summed E-state index contributed by atoms with van der Waals surface area (Å²) in [5.41, 5.74) is 1.30. The Labute approximate surface area is 133 Å². The summed E-state index contributed by atoms with van der Waals surface area (Å²) in [6, 6.07) is 19.6. The van der Waals surface area contributed by atoms with Gasteiger partial charge in [-0.25, -0.2) is 0 Å². The van der Waals surface area contributed by atoms with E-state index in [1.807, 2.05) is 0 Å². The number of hydrogen-bond donors (Lipinski definition) is 0. The minimum atomic E-state index is -0.252. The Morgan fingerprint density at radius 1 is 0.818 bits per heavy atom. The predicted molar refractivity (Wildman–Crippen MR) is 93.9 cm³/mol. The molecule has 4 aromatic carbocycles. The monoisotopic (exact) mass is 306 g/mol. The molecule has 4 aromatic rings. The maximum Gasteiger partial charge on any atom is 0.221 e. The molecule has 0 atom stereocenters. The Morgan fingerprint density at radius 3 is 2.18 bits per heavy atom. The van der Waals surface area contributed by atoms with Gasteiger partial charge in [0.15, 0.2) is 0 Å². The number of aryl methyl sites for hydroxylation is 1. The molecular formula is C20H15ClO. The van der Waals surface area contributed by atoms with Crippen LogP contribution in [0.1, 0.15) is 18.4 Å². The van der Waals surface area contributed by atoms with Crippen LogP contribution in [-0.2, 0) is 11.2 Å². The van der Waals surface area contributed by atoms with Crippen LogP contribution in [0, 0.1) is 0 Å². The first kappa shape index (κ1) is 13.5. The van der Waals surface area contributed by atoms with E-state index in [2.05, 4.69) is 54.6 Å². The minimum absolute atomic E-state index is 0.252. The second-order valence-electron chi connectivity index (χ2n) is 5.79. The lowest BCUT2D eigenvalue weighted by atomic mass is 9.91. The molecule has 0 radical (unpaired) electrons. The van der Waals surface area contributed by atoms with Gasteiger partial charge in [0.05, 0.1) is 0 Å². The van der Waals surface area contributed by atoms with Gasteiger partial charge >= 0.3 is 0 Å². The summed E-state index contributed by atoms with van der Waals surface area (Å²) in [4.78, 5) is 10.9. The molecule has 0 aliphatic carbocycles. The Morgan fingerprint density at radius 2 is 1.45 bits per heavy atom. The van der Waals surface area contributed by atoms with E-state index in [9.17, 15) is 4.79 Å². The van der Waals surface area contributed by atoms with Crippen molar-refractivity contribution in [1.82, 2.24) is 0 Å². The molecule has 4 rings (SSSR count). The van der Waals surface area contributed by atoms with Crippen LogP contribution < -0.4 is 0 Å². The lowest BCUT2D eigenvalue weighted by Crippen LogP contribution is -1.93. The summed E-state index contributed by atoms with van der Waals surface area (Å²) in [6.45, 7) is 0. The maximum atomic E-state index is 10.9. The smallest absolute Gasteiger partial charge is 0.221 e. The highest BCUT2D eigenvalue weighted by Crippen LogP contribution is 2.36. The summed E-state index contributed by atoms with van der Waals surface area (Å²) in [5.74, 6) is 0. The zero-order valence-corrected chi connectivity index (χ0v) is 12.9. The van der Waals surface area contributed by atoms with Crippen LogP contribution in [0.2, 0.25) is 0 Å². The fraction of sp³-hybridized carbons (Fsp3) is 0.150. The number of rotatable bonds is 4. The van der Waals surface area contributed by atoms with Gasteiger partial charge in [-0.05, 0) is 62.3 Å². The molecule has 1 nitrogen and oxygen atoms in total. The summed E-state index contributed by atoms with van der Waals surface area (Å²) in [7, 11) is 0. The molecule has 108 valence electrons. The molecule has 0 aromatic heterocycles. The lowest BCUT2D eigenvalue weighted by Gasteiger charge is -2.13. The van der Waals surface area contributed by atoms with Crippen molar-refractivity contribution in [1.29, 1.82) is 0 Å². The molecule has 0 saturated heterocycles. The number of hydrogen-bond acceptors (Lipinski definition) is 1. The Bertz CT molecular complexity index is 971. The molecule has 0 aliphatic heterocycles. The second kappa shape index (κ2) is 5.26. The molecule has 0 saturated carbocycles. The van der Waals surface area contributed by atoms with Crippen molar-refractivity contribution in [3.63, 3.8) is 0 Å². The van der Waals surface area contributed by atoms with Gasteiger partial charge in [-0.15, -0.1) is 0 Å². The first-order valence-electron chi connectivity index (χ1n) is 7.58. The van der Waals surface area contributed by atoms with E-state index in [-0.39, 0.29) is 5.24 Å². The third-order valence-corrected chi connectivity index (χ3v) is 4.63. The average molecular weight is 307 g/mol. The number of halogens is 1. The van der Waals surface area contributed by atoms with Crippen molar-refractivity contribution >= 4 is 49.2 Å². The van der Waals surface area contributed by atoms with Crippen LogP contribution in [-0.4, -0.2) is 5.24 Å². The van der Waals surface area contributed by atoms with Gasteiger partial charge in [0.2, 0.25) is 5.24 Å². The molecule has 0 fully saturated rings. The maximum absolute atomic E-state index is 10.9. The highest BCUT2D eigenvalue weighted by atomic mass is 35.5. The van der Waals surface area contributed by atoms with Crippen molar-refractivity contribution in [2.45, 2.75) is 19.3 Å². The molecular weight excluding hydrogens is 292 g/mol. The van der Waals surface area contributed by atoms with Gasteiger partial charge in [-0.3, -0.25) is 4.79 Å². The van der Waals surface area contributed by atoms with E-state index in [4.69, 9.17) is 11.6 Å². The van der Waals surface area contributed by atoms with E-state index in [0.717, 1.165) is 12.8 Å². The Balaban J connectivity index is 1.94. The minimum Gasteiger partial charge on any atom is -0.281 e. The lowest BCUT2D eigenvalue weighted by molar-refractivity contribution is -0.111. The van der Waals surface area contributed by atoms with Crippen LogP contribution in [0.15, 0.2) is 54.6 Å². The molecule has 22 heavy (non-hydrogen) atoms. The SMILES string of the molecule is O=C(Cl)CCCc1ccc2ccc3cccc4ccc1c2c34. The van der Waals surface area contributed by atoms with E-state index < -0.39 is 0 Å². The largest absolute Gasteiger partial charge is 0.281 e. The Kier molecular flexibility index (Phi) is 3.24. The van der Waals surface area contributed by atoms with Crippen molar-refractivity contribution < 1.29 is 4.79 Å². The standard InChI is InChI=1S/C20H15ClO/c21-18(22)6-2-3-13-7-8-16-10-9-14-4-1-5-15-11-12-17(13)20(16)19(14)15/h1,4-5,7-12H,2-3,6H2. The third-order valence-electron chi connectivity index (χ3n) is 4.44. The average Bonchev–Trinajstić information content (AvgIpc) is 2.53. The topological polar surface area (TPSA) is 17.1 Å². The number of carbonyl (C=O) groups excluding carboxylic acids is 1. The van der Waals surface area contributed by atoms with Gasteiger partial charge in [-0.2, -0.15) is 0 Å². The van der Waals surface area contributed by atoms with Crippen molar-refractivity contribution in [2.24, 2.45) is 0 Å². The molecule has 2 heteroatoms. The molecule has 0 bridgehead atoms. The quantitative estimate of drug-likeness (QED) is 0.350.